The van der Waals surface area contributed by atoms with Crippen LogP contribution in [0.25, 0.3) is 0 Å². The fraction of sp³-hybridized carbons (Fsp3) is 1.00. The average Bonchev–Trinajstić information content (AvgIpc) is 2.28. The average molecular weight is 185 g/mol. The predicted octanol–water partition coefficient (Wildman–Crippen LogP) is 1.91. The van der Waals surface area contributed by atoms with Gasteiger partial charge in [0.15, 0.2) is 0 Å². The van der Waals surface area contributed by atoms with E-state index in [2.05, 4.69) is 13.8 Å². The van der Waals surface area contributed by atoms with E-state index in [0.29, 0.717) is 17.9 Å². The van der Waals surface area contributed by atoms with Gasteiger partial charge in [-0.25, -0.2) is 0 Å². The third kappa shape index (κ3) is 3.28. The van der Waals surface area contributed by atoms with Crippen LogP contribution in [0.5, 0.6) is 0 Å². The quantitative estimate of drug-likeness (QED) is 0.646. The molecule has 1 fully saturated rings. The zero-order valence-corrected chi connectivity index (χ0v) is 8.87. The summed E-state index contributed by atoms with van der Waals surface area (Å²) < 4.78 is 0. The summed E-state index contributed by atoms with van der Waals surface area (Å²) in [6, 6.07) is 0.324. The van der Waals surface area contributed by atoms with Crippen molar-refractivity contribution in [1.82, 2.24) is 0 Å². The number of hydrogen-bond acceptors (Lipinski definition) is 2. The molecule has 0 amide bonds. The Morgan fingerprint density at radius 3 is 2.46 bits per heavy atom. The lowest BCUT2D eigenvalue weighted by Crippen LogP contribution is -2.34. The number of rotatable bonds is 2. The Morgan fingerprint density at radius 1 is 1.15 bits per heavy atom. The summed E-state index contributed by atoms with van der Waals surface area (Å²) in [4.78, 5) is 0. The summed E-state index contributed by atoms with van der Waals surface area (Å²) in [6.45, 7) is 4.37. The van der Waals surface area contributed by atoms with Crippen molar-refractivity contribution >= 4 is 0 Å². The van der Waals surface area contributed by atoms with Crippen molar-refractivity contribution < 1.29 is 5.11 Å². The molecular weight excluding hydrogens is 162 g/mol. The van der Waals surface area contributed by atoms with Crippen LogP contribution in [0.2, 0.25) is 0 Å². The van der Waals surface area contributed by atoms with Gasteiger partial charge in [0.2, 0.25) is 0 Å². The first kappa shape index (κ1) is 11.0. The molecule has 0 spiro atoms. The van der Waals surface area contributed by atoms with Gasteiger partial charge < -0.3 is 10.8 Å². The van der Waals surface area contributed by atoms with E-state index < -0.39 is 0 Å². The van der Waals surface area contributed by atoms with E-state index in [1.807, 2.05) is 0 Å². The van der Waals surface area contributed by atoms with Crippen molar-refractivity contribution in [2.24, 2.45) is 17.6 Å². The molecule has 3 atom stereocenters. The highest BCUT2D eigenvalue weighted by molar-refractivity contribution is 4.79. The molecule has 0 saturated heterocycles. The van der Waals surface area contributed by atoms with Crippen LogP contribution in [0.3, 0.4) is 0 Å². The molecule has 3 unspecified atom stereocenters. The largest absolute Gasteiger partial charge is 0.393 e. The molecule has 0 aliphatic heterocycles. The molecule has 1 aliphatic carbocycles. The van der Waals surface area contributed by atoms with Crippen LogP contribution in [0.4, 0.5) is 0 Å². The maximum absolute atomic E-state index is 9.49. The second-order valence-electron chi connectivity index (χ2n) is 4.74. The molecule has 1 saturated carbocycles. The first-order chi connectivity index (χ1) is 6.11. The highest BCUT2D eigenvalue weighted by atomic mass is 16.3. The number of aliphatic hydroxyl groups excluding tert-OH is 1. The maximum atomic E-state index is 9.49. The Bertz CT molecular complexity index is 147. The molecular formula is C11H23NO. The van der Waals surface area contributed by atoms with Crippen molar-refractivity contribution in [2.45, 2.75) is 58.1 Å². The van der Waals surface area contributed by atoms with E-state index in [4.69, 9.17) is 5.73 Å². The molecule has 1 aliphatic rings. The summed E-state index contributed by atoms with van der Waals surface area (Å²) in [5.41, 5.74) is 6.12. The molecule has 0 aromatic heterocycles. The highest BCUT2D eigenvalue weighted by Crippen LogP contribution is 2.27. The standard InChI is InChI=1S/C11H23NO/c1-8(2)11(12)9-4-3-5-10(13)7-6-9/h8-11,13H,3-7,12H2,1-2H3. The highest BCUT2D eigenvalue weighted by Gasteiger charge is 2.23. The predicted molar refractivity (Wildman–Crippen MR) is 55.4 cm³/mol. The van der Waals surface area contributed by atoms with Crippen LogP contribution >= 0.6 is 0 Å². The molecule has 0 radical (unpaired) electrons. The normalized spacial score (nSPS) is 33.0. The molecule has 2 heteroatoms. The topological polar surface area (TPSA) is 46.2 Å². The first-order valence-corrected chi connectivity index (χ1v) is 5.55. The van der Waals surface area contributed by atoms with Crippen LogP contribution in [-0.4, -0.2) is 17.3 Å². The smallest absolute Gasteiger partial charge is 0.0540 e. The number of hydrogen-bond donors (Lipinski definition) is 2. The zero-order chi connectivity index (χ0) is 9.84. The first-order valence-electron chi connectivity index (χ1n) is 5.55. The van der Waals surface area contributed by atoms with E-state index in [9.17, 15) is 5.11 Å². The van der Waals surface area contributed by atoms with Gasteiger partial charge in [0.25, 0.3) is 0 Å². The summed E-state index contributed by atoms with van der Waals surface area (Å²) in [7, 11) is 0. The van der Waals surface area contributed by atoms with Gasteiger partial charge in [-0.3, -0.25) is 0 Å². The van der Waals surface area contributed by atoms with Gasteiger partial charge in [-0.05, 0) is 37.5 Å². The molecule has 0 bridgehead atoms. The van der Waals surface area contributed by atoms with Crippen molar-refractivity contribution in [1.29, 1.82) is 0 Å². The third-order valence-corrected chi connectivity index (χ3v) is 3.30. The Morgan fingerprint density at radius 2 is 1.85 bits per heavy atom. The molecule has 13 heavy (non-hydrogen) atoms. The van der Waals surface area contributed by atoms with E-state index in [1.54, 1.807) is 0 Å². The van der Waals surface area contributed by atoms with E-state index in [1.165, 1.54) is 6.42 Å². The van der Waals surface area contributed by atoms with Crippen LogP contribution in [0.1, 0.15) is 46.0 Å². The molecule has 0 aromatic rings. The Kier molecular flexibility index (Phi) is 4.20. The molecule has 1 rings (SSSR count). The Hall–Kier alpha value is -0.0800. The van der Waals surface area contributed by atoms with Crippen molar-refractivity contribution in [3.63, 3.8) is 0 Å². The van der Waals surface area contributed by atoms with E-state index in [0.717, 1.165) is 25.7 Å². The minimum absolute atomic E-state index is 0.0654. The minimum Gasteiger partial charge on any atom is -0.393 e. The second-order valence-corrected chi connectivity index (χ2v) is 4.74. The van der Waals surface area contributed by atoms with Gasteiger partial charge in [0.05, 0.1) is 6.10 Å². The van der Waals surface area contributed by atoms with Gasteiger partial charge in [0, 0.05) is 6.04 Å². The molecule has 2 nitrogen and oxygen atoms in total. The minimum atomic E-state index is -0.0654. The van der Waals surface area contributed by atoms with Crippen LogP contribution in [0, 0.1) is 11.8 Å². The van der Waals surface area contributed by atoms with Crippen molar-refractivity contribution in [3.05, 3.63) is 0 Å². The van der Waals surface area contributed by atoms with Crippen molar-refractivity contribution in [2.75, 3.05) is 0 Å². The van der Waals surface area contributed by atoms with Crippen LogP contribution < -0.4 is 5.73 Å². The Balaban J connectivity index is 2.41. The van der Waals surface area contributed by atoms with E-state index >= 15 is 0 Å². The van der Waals surface area contributed by atoms with Gasteiger partial charge in [-0.2, -0.15) is 0 Å². The lowest BCUT2D eigenvalue weighted by Gasteiger charge is -2.25. The SMILES string of the molecule is CC(C)C(N)C1CCCC(O)CC1. The van der Waals surface area contributed by atoms with Gasteiger partial charge in [0.1, 0.15) is 0 Å². The summed E-state index contributed by atoms with van der Waals surface area (Å²) in [5.74, 6) is 1.21. The second kappa shape index (κ2) is 4.97. The zero-order valence-electron chi connectivity index (χ0n) is 8.87. The van der Waals surface area contributed by atoms with Gasteiger partial charge >= 0.3 is 0 Å². The summed E-state index contributed by atoms with van der Waals surface area (Å²) in [6.07, 6.45) is 5.32. The van der Waals surface area contributed by atoms with E-state index in [-0.39, 0.29) is 6.10 Å². The fourth-order valence-electron chi connectivity index (χ4n) is 2.24. The van der Waals surface area contributed by atoms with Crippen LogP contribution in [-0.2, 0) is 0 Å². The van der Waals surface area contributed by atoms with Gasteiger partial charge in [-0.1, -0.05) is 20.3 Å². The maximum Gasteiger partial charge on any atom is 0.0540 e. The monoisotopic (exact) mass is 185 g/mol. The molecule has 78 valence electrons. The number of aliphatic hydroxyl groups is 1. The molecule has 3 N–H and O–H groups in total. The van der Waals surface area contributed by atoms with Crippen LogP contribution in [0.15, 0.2) is 0 Å². The van der Waals surface area contributed by atoms with Gasteiger partial charge in [-0.15, -0.1) is 0 Å². The third-order valence-electron chi connectivity index (χ3n) is 3.30. The fourth-order valence-corrected chi connectivity index (χ4v) is 2.24. The number of nitrogens with two attached hydrogens (primary N) is 1. The lowest BCUT2D eigenvalue weighted by atomic mass is 9.86. The Labute approximate surface area is 81.5 Å². The summed E-state index contributed by atoms with van der Waals surface area (Å²) in [5, 5.41) is 9.49. The summed E-state index contributed by atoms with van der Waals surface area (Å²) >= 11 is 0. The van der Waals surface area contributed by atoms with Crippen molar-refractivity contribution in [3.8, 4) is 0 Å². The molecule has 0 aromatic carbocycles. The lowest BCUT2D eigenvalue weighted by molar-refractivity contribution is 0.154. The molecule has 0 heterocycles.